The highest BCUT2D eigenvalue weighted by atomic mass is 16.5. The molecule has 4 heteroatoms. The number of carbonyl (C=O) groups excluding carboxylic acids is 1. The van der Waals surface area contributed by atoms with Crippen molar-refractivity contribution in [1.29, 1.82) is 0 Å². The lowest BCUT2D eigenvalue weighted by molar-refractivity contribution is -0.148. The van der Waals surface area contributed by atoms with Gasteiger partial charge in [-0.1, -0.05) is 0 Å². The summed E-state index contributed by atoms with van der Waals surface area (Å²) in [5.74, 6) is -0.100. The van der Waals surface area contributed by atoms with Crippen LogP contribution < -0.4 is 0 Å². The van der Waals surface area contributed by atoms with Crippen molar-refractivity contribution < 1.29 is 9.53 Å². The minimum atomic E-state index is -0.102. The van der Waals surface area contributed by atoms with Gasteiger partial charge in [0.05, 0.1) is 6.61 Å². The van der Waals surface area contributed by atoms with Gasteiger partial charge in [-0.3, -0.25) is 9.69 Å². The molecule has 0 aromatic carbocycles. The molecule has 1 heterocycles. The number of rotatable bonds is 4. The Kier molecular flexibility index (Phi) is 4.54. The zero-order chi connectivity index (χ0) is 11.4. The van der Waals surface area contributed by atoms with Crippen LogP contribution in [0.1, 0.15) is 20.3 Å². The van der Waals surface area contributed by atoms with E-state index in [0.717, 1.165) is 19.5 Å². The van der Waals surface area contributed by atoms with Crippen LogP contribution in [-0.4, -0.2) is 61.6 Å². The summed E-state index contributed by atoms with van der Waals surface area (Å²) in [6.07, 6.45) is 1.14. The summed E-state index contributed by atoms with van der Waals surface area (Å²) in [6, 6.07) is 0.469. The largest absolute Gasteiger partial charge is 0.465 e. The summed E-state index contributed by atoms with van der Waals surface area (Å²) in [5, 5.41) is 0. The maximum absolute atomic E-state index is 11.5. The Morgan fingerprint density at radius 2 is 2.27 bits per heavy atom. The molecule has 0 aromatic rings. The molecule has 0 amide bonds. The van der Waals surface area contributed by atoms with Gasteiger partial charge in [-0.2, -0.15) is 0 Å². The Hall–Kier alpha value is -0.610. The molecule has 0 radical (unpaired) electrons. The number of hydrogen-bond donors (Lipinski definition) is 0. The number of hydrogen-bond acceptors (Lipinski definition) is 4. The smallest absolute Gasteiger partial charge is 0.323 e. The Morgan fingerprint density at radius 3 is 2.73 bits per heavy atom. The second-order valence-corrected chi connectivity index (χ2v) is 4.33. The lowest BCUT2D eigenvalue weighted by Crippen LogP contribution is -2.40. The molecule has 0 saturated carbocycles. The lowest BCUT2D eigenvalue weighted by Gasteiger charge is -2.24. The van der Waals surface area contributed by atoms with Crippen LogP contribution >= 0.6 is 0 Å². The number of nitrogens with zero attached hydrogens (tertiary/aromatic N) is 2. The minimum absolute atomic E-state index is 0.100. The predicted molar refractivity (Wildman–Crippen MR) is 59.8 cm³/mol. The van der Waals surface area contributed by atoms with E-state index < -0.39 is 0 Å². The lowest BCUT2D eigenvalue weighted by atomic mass is 10.2. The summed E-state index contributed by atoms with van der Waals surface area (Å²) in [6.45, 7) is 6.19. The van der Waals surface area contributed by atoms with Crippen LogP contribution in [0.15, 0.2) is 0 Å². The summed E-state index contributed by atoms with van der Waals surface area (Å²) >= 11 is 0. The van der Waals surface area contributed by atoms with Gasteiger partial charge in [-0.05, 0) is 34.4 Å². The third kappa shape index (κ3) is 3.18. The van der Waals surface area contributed by atoms with Crippen molar-refractivity contribution in [2.75, 3.05) is 33.8 Å². The van der Waals surface area contributed by atoms with E-state index in [9.17, 15) is 4.79 Å². The molecule has 15 heavy (non-hydrogen) atoms. The van der Waals surface area contributed by atoms with Gasteiger partial charge in [0.2, 0.25) is 0 Å². The van der Waals surface area contributed by atoms with E-state index in [0.29, 0.717) is 12.6 Å². The van der Waals surface area contributed by atoms with Gasteiger partial charge in [0, 0.05) is 19.1 Å². The normalized spacial score (nSPS) is 24.5. The van der Waals surface area contributed by atoms with Crippen molar-refractivity contribution >= 4 is 5.97 Å². The summed E-state index contributed by atoms with van der Waals surface area (Å²) in [7, 11) is 4.17. The molecule has 0 N–H and O–H groups in total. The average Bonchev–Trinajstić information content (AvgIpc) is 2.65. The number of esters is 1. The molecule has 88 valence electrons. The molecule has 0 bridgehead atoms. The van der Waals surface area contributed by atoms with Crippen LogP contribution in [0.3, 0.4) is 0 Å². The second kappa shape index (κ2) is 5.47. The first-order chi connectivity index (χ1) is 7.06. The third-order valence-electron chi connectivity index (χ3n) is 3.10. The first-order valence-electron chi connectivity index (χ1n) is 5.63. The number of carbonyl (C=O) groups is 1. The van der Waals surface area contributed by atoms with E-state index >= 15 is 0 Å². The quantitative estimate of drug-likeness (QED) is 0.641. The van der Waals surface area contributed by atoms with Crippen molar-refractivity contribution in [3.8, 4) is 0 Å². The van der Waals surface area contributed by atoms with Gasteiger partial charge >= 0.3 is 5.97 Å². The fourth-order valence-electron chi connectivity index (χ4n) is 1.95. The van der Waals surface area contributed by atoms with Crippen molar-refractivity contribution in [3.63, 3.8) is 0 Å². The maximum Gasteiger partial charge on any atom is 0.323 e. The molecule has 0 spiro atoms. The first kappa shape index (κ1) is 12.5. The maximum atomic E-state index is 11.5. The van der Waals surface area contributed by atoms with Crippen LogP contribution in [-0.2, 0) is 9.53 Å². The van der Waals surface area contributed by atoms with E-state index in [1.807, 2.05) is 13.8 Å². The van der Waals surface area contributed by atoms with Crippen LogP contribution in [0.5, 0.6) is 0 Å². The molecule has 2 unspecified atom stereocenters. The topological polar surface area (TPSA) is 32.8 Å². The molecule has 1 aliphatic rings. The number of likely N-dealkylation sites (N-methyl/N-ethyl adjacent to an activating group) is 1. The Labute approximate surface area is 92.2 Å². The molecule has 1 aliphatic heterocycles. The monoisotopic (exact) mass is 214 g/mol. The van der Waals surface area contributed by atoms with Gasteiger partial charge in [-0.25, -0.2) is 0 Å². The van der Waals surface area contributed by atoms with E-state index in [1.54, 1.807) is 0 Å². The minimum Gasteiger partial charge on any atom is -0.465 e. The van der Waals surface area contributed by atoms with Crippen molar-refractivity contribution in [2.24, 2.45) is 0 Å². The first-order valence-corrected chi connectivity index (χ1v) is 5.63. The van der Waals surface area contributed by atoms with Gasteiger partial charge in [-0.15, -0.1) is 0 Å². The van der Waals surface area contributed by atoms with E-state index in [2.05, 4.69) is 23.9 Å². The summed E-state index contributed by atoms with van der Waals surface area (Å²) < 4.78 is 5.02. The SMILES string of the molecule is CCOC(=O)C(C)N1CCC(N(C)C)C1. The predicted octanol–water partition coefficient (Wildman–Crippen LogP) is 0.574. The Balaban J connectivity index is 2.42. The van der Waals surface area contributed by atoms with E-state index in [-0.39, 0.29) is 12.0 Å². The van der Waals surface area contributed by atoms with E-state index in [4.69, 9.17) is 4.74 Å². The average molecular weight is 214 g/mol. The molecule has 1 saturated heterocycles. The zero-order valence-corrected chi connectivity index (χ0v) is 10.2. The summed E-state index contributed by atoms with van der Waals surface area (Å²) in [5.41, 5.74) is 0. The van der Waals surface area contributed by atoms with Gasteiger partial charge < -0.3 is 9.64 Å². The van der Waals surface area contributed by atoms with Crippen LogP contribution in [0.4, 0.5) is 0 Å². The van der Waals surface area contributed by atoms with Gasteiger partial charge in [0.1, 0.15) is 6.04 Å². The highest BCUT2D eigenvalue weighted by molar-refractivity contribution is 5.75. The van der Waals surface area contributed by atoms with Crippen molar-refractivity contribution in [2.45, 2.75) is 32.4 Å². The van der Waals surface area contributed by atoms with Crippen molar-refractivity contribution in [3.05, 3.63) is 0 Å². The van der Waals surface area contributed by atoms with Crippen LogP contribution in [0.2, 0.25) is 0 Å². The fourth-order valence-corrected chi connectivity index (χ4v) is 1.95. The van der Waals surface area contributed by atoms with Crippen LogP contribution in [0.25, 0.3) is 0 Å². The fraction of sp³-hybridized carbons (Fsp3) is 0.909. The highest BCUT2D eigenvalue weighted by Gasteiger charge is 2.30. The number of likely N-dealkylation sites (tertiary alicyclic amines) is 1. The molecular formula is C11H22N2O2. The zero-order valence-electron chi connectivity index (χ0n) is 10.2. The van der Waals surface area contributed by atoms with E-state index in [1.165, 1.54) is 0 Å². The third-order valence-corrected chi connectivity index (χ3v) is 3.10. The molecular weight excluding hydrogens is 192 g/mol. The number of ether oxygens (including phenoxy) is 1. The molecule has 2 atom stereocenters. The summed E-state index contributed by atoms with van der Waals surface area (Å²) in [4.78, 5) is 15.9. The standard InChI is InChI=1S/C11H22N2O2/c1-5-15-11(14)9(2)13-7-6-10(8-13)12(3)4/h9-10H,5-8H2,1-4H3. The van der Waals surface area contributed by atoms with Gasteiger partial charge in [0.15, 0.2) is 0 Å². The van der Waals surface area contributed by atoms with Gasteiger partial charge in [0.25, 0.3) is 0 Å². The second-order valence-electron chi connectivity index (χ2n) is 4.33. The van der Waals surface area contributed by atoms with Crippen LogP contribution in [0, 0.1) is 0 Å². The molecule has 0 aromatic heterocycles. The highest BCUT2D eigenvalue weighted by Crippen LogP contribution is 2.16. The molecule has 1 rings (SSSR count). The molecule has 0 aliphatic carbocycles. The Bertz CT molecular complexity index is 219. The Morgan fingerprint density at radius 1 is 1.60 bits per heavy atom. The van der Waals surface area contributed by atoms with Crippen molar-refractivity contribution in [1.82, 2.24) is 9.80 Å². The molecule has 1 fully saturated rings. The molecule has 4 nitrogen and oxygen atoms in total.